The van der Waals surface area contributed by atoms with Crippen molar-refractivity contribution in [2.75, 3.05) is 18.6 Å². The van der Waals surface area contributed by atoms with Gasteiger partial charge in [0.15, 0.2) is 5.78 Å². The van der Waals surface area contributed by atoms with Crippen LogP contribution in [0.4, 0.5) is 4.79 Å². The number of carbonyl (C=O) groups is 3. The Morgan fingerprint density at radius 1 is 1.09 bits per heavy atom. The van der Waals surface area contributed by atoms with Crippen LogP contribution in [0.5, 0.6) is 0 Å². The van der Waals surface area contributed by atoms with Crippen molar-refractivity contribution in [3.63, 3.8) is 0 Å². The van der Waals surface area contributed by atoms with Crippen molar-refractivity contribution in [3.05, 3.63) is 0 Å². The van der Waals surface area contributed by atoms with E-state index < -0.39 is 38.9 Å². The predicted octanol–water partition coefficient (Wildman–Crippen LogP) is 2.52. The number of nitrogens with zero attached hydrogens (tertiary/aromatic N) is 1. The minimum Gasteiger partial charge on any atom is -0.332 e. The number of piperidine rings is 1. The van der Waals surface area contributed by atoms with Crippen LogP contribution in [-0.2, 0) is 19.4 Å². The Bertz CT molecular complexity index is 915. The smallest absolute Gasteiger partial charge is 0.315 e. The summed E-state index contributed by atoms with van der Waals surface area (Å²) in [5, 5.41) is 5.79. The van der Waals surface area contributed by atoms with Crippen molar-refractivity contribution in [2.24, 2.45) is 22.7 Å². The topological polar surface area (TPSA) is 113 Å². The van der Waals surface area contributed by atoms with Crippen molar-refractivity contribution < 1.29 is 22.8 Å². The molecule has 188 valence electrons. The number of urea groups is 1. The third kappa shape index (κ3) is 5.38. The number of likely N-dealkylation sites (tertiary alicyclic amines) is 1. The molecule has 3 aliphatic rings. The van der Waals surface area contributed by atoms with Gasteiger partial charge in [0, 0.05) is 12.8 Å². The molecule has 0 radical (unpaired) electrons. The van der Waals surface area contributed by atoms with E-state index >= 15 is 0 Å². The fraction of sp³-hybridized carbons (Fsp3) is 0.875. The predicted molar refractivity (Wildman–Crippen MR) is 127 cm³/mol. The Hall–Kier alpha value is -1.64. The fourth-order valence-corrected chi connectivity index (χ4v) is 7.60. The highest BCUT2D eigenvalue weighted by Crippen LogP contribution is 2.65. The average Bonchev–Trinajstić information content (AvgIpc) is 3.00. The highest BCUT2D eigenvalue weighted by molar-refractivity contribution is 7.90. The number of Topliss-reactive ketones (excluding diaryl/α,β-unsaturated/α-hetero) is 1. The molecule has 2 saturated carbocycles. The highest BCUT2D eigenvalue weighted by Gasteiger charge is 2.69. The van der Waals surface area contributed by atoms with Crippen LogP contribution in [-0.4, -0.2) is 67.2 Å². The van der Waals surface area contributed by atoms with E-state index in [4.69, 9.17) is 0 Å². The van der Waals surface area contributed by atoms with Crippen molar-refractivity contribution in [1.82, 2.24) is 15.5 Å². The third-order valence-corrected chi connectivity index (χ3v) is 9.10. The zero-order valence-corrected chi connectivity index (χ0v) is 22.0. The second-order valence-electron chi connectivity index (χ2n) is 12.3. The Kier molecular flexibility index (Phi) is 6.72. The van der Waals surface area contributed by atoms with E-state index in [9.17, 15) is 22.8 Å². The van der Waals surface area contributed by atoms with Gasteiger partial charge in [-0.05, 0) is 42.4 Å². The van der Waals surface area contributed by atoms with Crippen LogP contribution >= 0.6 is 0 Å². The van der Waals surface area contributed by atoms with Crippen molar-refractivity contribution in [2.45, 2.75) is 91.3 Å². The van der Waals surface area contributed by atoms with Gasteiger partial charge in [-0.2, -0.15) is 0 Å². The van der Waals surface area contributed by atoms with Crippen LogP contribution in [0, 0.1) is 22.7 Å². The molecule has 0 unspecified atom stereocenters. The molecule has 9 heteroatoms. The Morgan fingerprint density at radius 3 is 2.15 bits per heavy atom. The number of nitrogens with one attached hydrogen (secondary N) is 2. The maximum atomic E-state index is 13.7. The molecule has 8 nitrogen and oxygen atoms in total. The number of carbonyl (C=O) groups excluding carboxylic acids is 3. The van der Waals surface area contributed by atoms with Crippen LogP contribution in [0.3, 0.4) is 0 Å². The molecule has 4 atom stereocenters. The van der Waals surface area contributed by atoms with Crippen LogP contribution in [0.25, 0.3) is 0 Å². The number of fused-ring (bicyclic) bond motifs is 1. The van der Waals surface area contributed by atoms with E-state index in [0.717, 1.165) is 19.3 Å². The summed E-state index contributed by atoms with van der Waals surface area (Å²) in [6, 6.07) is -1.82. The monoisotopic (exact) mass is 483 g/mol. The SMILES string of the molecule is CC(=O)[C@@H]1[C@@H]2[C@H](CN1C(=O)[C@@H](NC(=O)NC1(CS(C)(=O)=O)CCCCC1)C(C)(C)C)C2(C)C. The zero-order chi connectivity index (χ0) is 25.0. The molecule has 0 aromatic rings. The number of hydrogen-bond donors (Lipinski definition) is 2. The Balaban J connectivity index is 1.78. The van der Waals surface area contributed by atoms with E-state index in [1.807, 2.05) is 20.8 Å². The minimum absolute atomic E-state index is 0.0205. The maximum absolute atomic E-state index is 13.7. The lowest BCUT2D eigenvalue weighted by atomic mass is 9.83. The standard InChI is InChI=1S/C24H41N3O5S/c1-15(28)18-17-16(23(17,5)6)13-27(18)20(29)19(22(2,3)4)25-21(30)26-24(14-33(7,31)32)11-9-8-10-12-24/h16-19H,8-14H2,1-7H3,(H2,25,26,30)/t16-,17-,18+,19+/m0/s1. The summed E-state index contributed by atoms with van der Waals surface area (Å²) in [4.78, 5) is 40.9. The molecule has 0 aromatic heterocycles. The summed E-state index contributed by atoms with van der Waals surface area (Å²) in [5.74, 6) is 0.0756. The zero-order valence-electron chi connectivity index (χ0n) is 21.2. The molecule has 2 N–H and O–H groups in total. The van der Waals surface area contributed by atoms with Crippen LogP contribution < -0.4 is 10.6 Å². The first kappa shape index (κ1) is 26.0. The fourth-order valence-electron chi connectivity index (χ4n) is 6.24. The molecule has 1 heterocycles. The summed E-state index contributed by atoms with van der Waals surface area (Å²) in [6.07, 6.45) is 5.09. The number of amides is 3. The van der Waals surface area contributed by atoms with E-state index in [-0.39, 0.29) is 28.8 Å². The van der Waals surface area contributed by atoms with E-state index in [0.29, 0.717) is 25.3 Å². The first-order chi connectivity index (χ1) is 15.0. The lowest BCUT2D eigenvalue weighted by Crippen LogP contribution is -2.63. The normalized spacial score (nSPS) is 29.1. The molecule has 2 aliphatic carbocycles. The van der Waals surface area contributed by atoms with Gasteiger partial charge in [-0.3, -0.25) is 9.59 Å². The summed E-state index contributed by atoms with van der Waals surface area (Å²) in [7, 11) is -3.30. The first-order valence-electron chi connectivity index (χ1n) is 12.1. The lowest BCUT2D eigenvalue weighted by Gasteiger charge is -2.40. The largest absolute Gasteiger partial charge is 0.332 e. The molecule has 1 aliphatic heterocycles. The van der Waals surface area contributed by atoms with Gasteiger partial charge in [-0.1, -0.05) is 53.9 Å². The quantitative estimate of drug-likeness (QED) is 0.603. The average molecular weight is 484 g/mol. The van der Waals surface area contributed by atoms with Crippen LogP contribution in [0.2, 0.25) is 0 Å². The molecule has 33 heavy (non-hydrogen) atoms. The lowest BCUT2D eigenvalue weighted by molar-refractivity contribution is -0.142. The molecule has 1 saturated heterocycles. The van der Waals surface area contributed by atoms with Crippen molar-refractivity contribution >= 4 is 27.6 Å². The van der Waals surface area contributed by atoms with Crippen molar-refractivity contribution in [1.29, 1.82) is 0 Å². The molecular weight excluding hydrogens is 442 g/mol. The van der Waals surface area contributed by atoms with Gasteiger partial charge in [0.25, 0.3) is 0 Å². The number of sulfone groups is 1. The van der Waals surface area contributed by atoms with Crippen molar-refractivity contribution in [3.8, 4) is 0 Å². The molecular formula is C24H41N3O5S. The second kappa shape index (κ2) is 8.54. The second-order valence-corrected chi connectivity index (χ2v) is 14.4. The van der Waals surface area contributed by atoms with Gasteiger partial charge in [-0.25, -0.2) is 13.2 Å². The summed E-state index contributed by atoms with van der Waals surface area (Å²) >= 11 is 0. The van der Waals surface area contributed by atoms with Gasteiger partial charge >= 0.3 is 6.03 Å². The maximum Gasteiger partial charge on any atom is 0.315 e. The molecule has 0 spiro atoms. The number of ketones is 1. The Morgan fingerprint density at radius 2 is 1.67 bits per heavy atom. The molecule has 0 aromatic carbocycles. The Labute approximate surface area is 198 Å². The van der Waals surface area contributed by atoms with Gasteiger partial charge in [-0.15, -0.1) is 0 Å². The third-order valence-electron chi connectivity index (χ3n) is 8.02. The molecule has 3 fully saturated rings. The number of rotatable bonds is 6. The van der Waals surface area contributed by atoms with Gasteiger partial charge < -0.3 is 15.5 Å². The summed E-state index contributed by atoms with van der Waals surface area (Å²) in [6.45, 7) is 12.0. The van der Waals surface area contributed by atoms with Crippen LogP contribution in [0.1, 0.15) is 73.6 Å². The van der Waals surface area contributed by atoms with E-state index in [1.54, 1.807) is 4.90 Å². The number of hydrogen-bond acceptors (Lipinski definition) is 5. The highest BCUT2D eigenvalue weighted by atomic mass is 32.2. The van der Waals surface area contributed by atoms with Gasteiger partial charge in [0.05, 0.1) is 17.3 Å². The van der Waals surface area contributed by atoms with Gasteiger partial charge in [0.2, 0.25) is 5.91 Å². The van der Waals surface area contributed by atoms with E-state index in [2.05, 4.69) is 24.5 Å². The van der Waals surface area contributed by atoms with Gasteiger partial charge in [0.1, 0.15) is 15.9 Å². The van der Waals surface area contributed by atoms with Crippen LogP contribution in [0.15, 0.2) is 0 Å². The molecule has 3 amide bonds. The summed E-state index contributed by atoms with van der Waals surface area (Å²) < 4.78 is 24.1. The first-order valence-corrected chi connectivity index (χ1v) is 14.1. The molecule has 0 bridgehead atoms. The molecule has 3 rings (SSSR count). The summed E-state index contributed by atoms with van der Waals surface area (Å²) in [5.41, 5.74) is -1.36. The minimum atomic E-state index is -3.30. The van der Waals surface area contributed by atoms with E-state index in [1.165, 1.54) is 13.2 Å².